The molecule has 0 aliphatic carbocycles. The number of likely N-dealkylation sites (tertiary alicyclic amines) is 1. The molecule has 6 rings (SSSR count). The number of hydrogen-bond acceptors (Lipinski definition) is 6. The van der Waals surface area contributed by atoms with E-state index in [9.17, 15) is 0 Å². The third-order valence-electron chi connectivity index (χ3n) is 6.90. The van der Waals surface area contributed by atoms with Crippen molar-refractivity contribution >= 4 is 5.71 Å². The van der Waals surface area contributed by atoms with E-state index >= 15 is 0 Å². The molecule has 1 saturated heterocycles. The number of benzene rings is 2. The molecule has 1 fully saturated rings. The summed E-state index contributed by atoms with van der Waals surface area (Å²) in [7, 11) is 1.71. The maximum absolute atomic E-state index is 6.80. The summed E-state index contributed by atoms with van der Waals surface area (Å²) < 4.78 is 18.2. The number of rotatable bonds is 4. The van der Waals surface area contributed by atoms with Gasteiger partial charge in [-0.25, -0.2) is 5.01 Å². The quantitative estimate of drug-likeness (QED) is 0.595. The molecular formula is C26H27N3O3. The van der Waals surface area contributed by atoms with Gasteiger partial charge in [-0.05, 0) is 23.8 Å². The molecule has 164 valence electrons. The van der Waals surface area contributed by atoms with E-state index < -0.39 is 5.72 Å². The summed E-state index contributed by atoms with van der Waals surface area (Å²) >= 11 is 0. The lowest BCUT2D eigenvalue weighted by Gasteiger charge is -2.51. The van der Waals surface area contributed by atoms with E-state index in [2.05, 4.69) is 46.3 Å². The van der Waals surface area contributed by atoms with Crippen LogP contribution in [0.2, 0.25) is 0 Å². The molecule has 4 heterocycles. The second-order valence-corrected chi connectivity index (χ2v) is 8.78. The number of ether oxygens (including phenoxy) is 2. The Bertz CT molecular complexity index is 1120. The maximum atomic E-state index is 6.80. The Morgan fingerprint density at radius 1 is 1.03 bits per heavy atom. The third kappa shape index (κ3) is 3.17. The van der Waals surface area contributed by atoms with Crippen LogP contribution in [-0.2, 0) is 6.54 Å². The van der Waals surface area contributed by atoms with Crippen molar-refractivity contribution in [2.45, 2.75) is 37.6 Å². The first kappa shape index (κ1) is 19.4. The van der Waals surface area contributed by atoms with E-state index in [-0.39, 0.29) is 6.04 Å². The van der Waals surface area contributed by atoms with Crippen molar-refractivity contribution in [3.63, 3.8) is 0 Å². The van der Waals surface area contributed by atoms with Crippen LogP contribution in [0.15, 0.2) is 76.4 Å². The number of fused-ring (bicyclic) bond motifs is 4. The van der Waals surface area contributed by atoms with Gasteiger partial charge in [0.15, 0.2) is 11.5 Å². The predicted octanol–water partition coefficient (Wildman–Crippen LogP) is 4.82. The Balaban J connectivity index is 1.32. The number of hydrogen-bond donors (Lipinski definition) is 0. The van der Waals surface area contributed by atoms with Crippen molar-refractivity contribution in [3.8, 4) is 11.5 Å². The summed E-state index contributed by atoms with van der Waals surface area (Å²) in [4.78, 5) is 2.50. The summed E-state index contributed by atoms with van der Waals surface area (Å²) in [6.45, 7) is 2.86. The SMILES string of the molecule is COc1cccc2c1OC1(CCN(Cc3ccccc3)CC1)N1N=C(c3ccco3)CC21. The molecule has 3 aliphatic heterocycles. The van der Waals surface area contributed by atoms with Gasteiger partial charge in [0, 0.05) is 44.5 Å². The molecule has 1 spiro atoms. The lowest BCUT2D eigenvalue weighted by Crippen LogP contribution is -2.59. The highest BCUT2D eigenvalue weighted by atomic mass is 16.5. The van der Waals surface area contributed by atoms with Crippen LogP contribution in [0.1, 0.15) is 42.2 Å². The second-order valence-electron chi connectivity index (χ2n) is 8.78. The fourth-order valence-electron chi connectivity index (χ4n) is 5.25. The highest BCUT2D eigenvalue weighted by Gasteiger charge is 2.52. The summed E-state index contributed by atoms with van der Waals surface area (Å²) in [6, 6.07) is 20.8. The largest absolute Gasteiger partial charge is 0.493 e. The molecule has 6 heteroatoms. The fraction of sp³-hybridized carbons (Fsp3) is 0.346. The molecule has 3 aliphatic rings. The van der Waals surface area contributed by atoms with Crippen LogP contribution < -0.4 is 9.47 Å². The Hall–Kier alpha value is -3.25. The van der Waals surface area contributed by atoms with Gasteiger partial charge in [-0.2, -0.15) is 5.10 Å². The van der Waals surface area contributed by atoms with Gasteiger partial charge >= 0.3 is 0 Å². The lowest BCUT2D eigenvalue weighted by molar-refractivity contribution is -0.151. The maximum Gasteiger partial charge on any atom is 0.200 e. The van der Waals surface area contributed by atoms with E-state index in [1.165, 1.54) is 5.56 Å². The minimum absolute atomic E-state index is 0.120. The smallest absolute Gasteiger partial charge is 0.200 e. The van der Waals surface area contributed by atoms with Crippen molar-refractivity contribution < 1.29 is 13.9 Å². The first-order valence-electron chi connectivity index (χ1n) is 11.3. The van der Waals surface area contributed by atoms with Crippen molar-refractivity contribution in [2.75, 3.05) is 20.2 Å². The molecule has 1 unspecified atom stereocenters. The molecule has 3 aromatic rings. The van der Waals surface area contributed by atoms with Crippen LogP contribution in [0.25, 0.3) is 0 Å². The van der Waals surface area contributed by atoms with Crippen LogP contribution in [0.5, 0.6) is 11.5 Å². The molecule has 6 nitrogen and oxygen atoms in total. The summed E-state index contributed by atoms with van der Waals surface area (Å²) in [6.07, 6.45) is 4.26. The molecule has 0 amide bonds. The summed E-state index contributed by atoms with van der Waals surface area (Å²) in [5, 5.41) is 7.28. The van der Waals surface area contributed by atoms with Crippen molar-refractivity contribution in [1.29, 1.82) is 0 Å². The van der Waals surface area contributed by atoms with Crippen molar-refractivity contribution in [1.82, 2.24) is 9.91 Å². The standard InChI is InChI=1S/C26H27N3O3/c1-30-24-10-5-9-20-22-17-21(23-11-6-16-31-23)27-29(22)26(32-25(20)24)12-14-28(15-13-26)18-19-7-3-2-4-8-19/h2-11,16,22H,12-15,17-18H2,1H3. The Kier molecular flexibility index (Phi) is 4.68. The molecule has 1 aromatic heterocycles. The minimum atomic E-state index is -0.478. The van der Waals surface area contributed by atoms with Gasteiger partial charge in [-0.1, -0.05) is 42.5 Å². The topological polar surface area (TPSA) is 50.4 Å². The highest BCUT2D eigenvalue weighted by Crippen LogP contribution is 2.52. The van der Waals surface area contributed by atoms with E-state index in [4.69, 9.17) is 19.0 Å². The average Bonchev–Trinajstić information content (AvgIpc) is 3.52. The number of hydrazone groups is 1. The first-order chi connectivity index (χ1) is 15.8. The van der Waals surface area contributed by atoms with E-state index in [1.807, 2.05) is 24.3 Å². The number of methoxy groups -OCH3 is 1. The second kappa shape index (κ2) is 7.71. The zero-order valence-electron chi connectivity index (χ0n) is 18.2. The highest BCUT2D eigenvalue weighted by molar-refractivity contribution is 5.99. The summed E-state index contributed by atoms with van der Waals surface area (Å²) in [5.41, 5.74) is 2.97. The van der Waals surface area contributed by atoms with Gasteiger partial charge in [-0.3, -0.25) is 4.90 Å². The van der Waals surface area contributed by atoms with Crippen molar-refractivity contribution in [3.05, 3.63) is 83.8 Å². The van der Waals surface area contributed by atoms with Crippen LogP contribution >= 0.6 is 0 Å². The number of furan rings is 1. The first-order valence-corrected chi connectivity index (χ1v) is 11.3. The molecule has 0 bridgehead atoms. The van der Waals surface area contributed by atoms with Crippen LogP contribution in [0.4, 0.5) is 0 Å². The number of piperidine rings is 1. The average molecular weight is 430 g/mol. The van der Waals surface area contributed by atoms with Gasteiger partial charge in [0.05, 0.1) is 19.4 Å². The Labute approximate surface area is 188 Å². The zero-order chi connectivity index (χ0) is 21.5. The van der Waals surface area contributed by atoms with Gasteiger partial charge in [0.25, 0.3) is 0 Å². The van der Waals surface area contributed by atoms with E-state index in [0.717, 1.165) is 67.4 Å². The van der Waals surface area contributed by atoms with Crippen LogP contribution in [-0.4, -0.2) is 41.5 Å². The van der Waals surface area contributed by atoms with Gasteiger partial charge in [0.2, 0.25) is 5.72 Å². The van der Waals surface area contributed by atoms with E-state index in [1.54, 1.807) is 13.4 Å². The fourth-order valence-corrected chi connectivity index (χ4v) is 5.25. The van der Waals surface area contributed by atoms with Crippen LogP contribution in [0.3, 0.4) is 0 Å². The lowest BCUT2D eigenvalue weighted by atomic mass is 9.91. The third-order valence-corrected chi connectivity index (χ3v) is 6.90. The normalized spacial score (nSPS) is 21.6. The monoisotopic (exact) mass is 429 g/mol. The Morgan fingerprint density at radius 2 is 1.88 bits per heavy atom. The van der Waals surface area contributed by atoms with Crippen LogP contribution in [0, 0.1) is 0 Å². The predicted molar refractivity (Wildman–Crippen MR) is 122 cm³/mol. The molecular weight excluding hydrogens is 402 g/mol. The molecule has 2 aromatic carbocycles. The zero-order valence-corrected chi connectivity index (χ0v) is 18.2. The molecule has 0 radical (unpaired) electrons. The van der Waals surface area contributed by atoms with Crippen molar-refractivity contribution in [2.24, 2.45) is 5.10 Å². The number of para-hydroxylation sites is 1. The van der Waals surface area contributed by atoms with E-state index in [0.29, 0.717) is 0 Å². The minimum Gasteiger partial charge on any atom is -0.493 e. The van der Waals surface area contributed by atoms with Gasteiger partial charge in [0.1, 0.15) is 11.5 Å². The molecule has 1 atom stereocenters. The number of nitrogens with zero attached hydrogens (tertiary/aromatic N) is 3. The molecule has 32 heavy (non-hydrogen) atoms. The summed E-state index contributed by atoms with van der Waals surface area (Å²) in [5.74, 6) is 2.49. The van der Waals surface area contributed by atoms with Gasteiger partial charge < -0.3 is 13.9 Å². The van der Waals surface area contributed by atoms with Gasteiger partial charge in [-0.15, -0.1) is 0 Å². The molecule has 0 saturated carbocycles. The molecule has 0 N–H and O–H groups in total. The Morgan fingerprint density at radius 3 is 2.62 bits per heavy atom.